The molecule has 0 bridgehead atoms. The molecule has 3 rings (SSSR count). The standard InChI is InChI=1S/C18H21N3O2/c1-3-8-23-17-7-5-4-6-16(17)18(22)21-12-15(13-21)9-14-10-19-20(2)11-14/h3-7,10-11,15H,1,8-9,12-13H2,2H3. The molecule has 0 unspecified atom stereocenters. The van der Waals surface area contributed by atoms with Crippen molar-refractivity contribution < 1.29 is 9.53 Å². The van der Waals surface area contributed by atoms with Crippen LogP contribution in [0, 0.1) is 5.92 Å². The lowest BCUT2D eigenvalue weighted by atomic mass is 9.92. The molecule has 5 heteroatoms. The van der Waals surface area contributed by atoms with Gasteiger partial charge >= 0.3 is 0 Å². The summed E-state index contributed by atoms with van der Waals surface area (Å²) in [5, 5.41) is 4.18. The summed E-state index contributed by atoms with van der Waals surface area (Å²) in [6.45, 7) is 5.60. The third-order valence-corrected chi connectivity index (χ3v) is 4.00. The Morgan fingerprint density at radius 3 is 2.91 bits per heavy atom. The van der Waals surface area contributed by atoms with Crippen molar-refractivity contribution in [3.8, 4) is 5.75 Å². The minimum atomic E-state index is 0.0344. The fraction of sp³-hybridized carbons (Fsp3) is 0.333. The molecule has 1 aliphatic rings. The van der Waals surface area contributed by atoms with E-state index < -0.39 is 0 Å². The molecule has 5 nitrogen and oxygen atoms in total. The van der Waals surface area contributed by atoms with E-state index in [1.807, 2.05) is 53.3 Å². The first-order chi connectivity index (χ1) is 11.2. The second kappa shape index (κ2) is 6.69. The van der Waals surface area contributed by atoms with Gasteiger partial charge in [0.1, 0.15) is 12.4 Å². The zero-order valence-corrected chi connectivity index (χ0v) is 13.3. The molecule has 0 aliphatic carbocycles. The van der Waals surface area contributed by atoms with E-state index in [9.17, 15) is 4.79 Å². The van der Waals surface area contributed by atoms with Crippen LogP contribution in [0.15, 0.2) is 49.3 Å². The molecule has 23 heavy (non-hydrogen) atoms. The SMILES string of the molecule is C=CCOc1ccccc1C(=O)N1CC(Cc2cnn(C)c2)C1. The van der Waals surface area contributed by atoms with Gasteiger partial charge < -0.3 is 9.64 Å². The third-order valence-electron chi connectivity index (χ3n) is 4.00. The van der Waals surface area contributed by atoms with Crippen LogP contribution in [0.4, 0.5) is 0 Å². The van der Waals surface area contributed by atoms with Gasteiger partial charge in [0, 0.05) is 26.3 Å². The van der Waals surface area contributed by atoms with Crippen LogP contribution in [0.3, 0.4) is 0 Å². The Morgan fingerprint density at radius 1 is 1.43 bits per heavy atom. The molecule has 1 aliphatic heterocycles. The zero-order chi connectivity index (χ0) is 16.2. The lowest BCUT2D eigenvalue weighted by Crippen LogP contribution is -2.50. The normalized spacial score (nSPS) is 14.4. The minimum Gasteiger partial charge on any atom is -0.489 e. The molecular weight excluding hydrogens is 290 g/mol. The minimum absolute atomic E-state index is 0.0344. The summed E-state index contributed by atoms with van der Waals surface area (Å²) in [6, 6.07) is 7.37. The summed E-state index contributed by atoms with van der Waals surface area (Å²) in [5.74, 6) is 1.16. The number of hydrogen-bond acceptors (Lipinski definition) is 3. The first kappa shape index (κ1) is 15.3. The number of aromatic nitrogens is 2. The van der Waals surface area contributed by atoms with Gasteiger partial charge in [0.15, 0.2) is 0 Å². The summed E-state index contributed by atoms with van der Waals surface area (Å²) in [5.41, 5.74) is 1.84. The van der Waals surface area contributed by atoms with E-state index in [2.05, 4.69) is 11.7 Å². The van der Waals surface area contributed by atoms with E-state index in [0.717, 1.165) is 19.5 Å². The predicted molar refractivity (Wildman–Crippen MR) is 88.4 cm³/mol. The van der Waals surface area contributed by atoms with Crippen LogP contribution in [0.1, 0.15) is 15.9 Å². The largest absolute Gasteiger partial charge is 0.489 e. The zero-order valence-electron chi connectivity index (χ0n) is 13.3. The summed E-state index contributed by atoms with van der Waals surface area (Å²) in [7, 11) is 1.92. The quantitative estimate of drug-likeness (QED) is 0.769. The van der Waals surface area contributed by atoms with Crippen LogP contribution in [0.5, 0.6) is 5.75 Å². The van der Waals surface area contributed by atoms with Crippen LogP contribution >= 0.6 is 0 Å². The third kappa shape index (κ3) is 3.44. The van der Waals surface area contributed by atoms with Crippen LogP contribution in [-0.2, 0) is 13.5 Å². The average molecular weight is 311 g/mol. The molecular formula is C18H21N3O2. The first-order valence-electron chi connectivity index (χ1n) is 7.77. The molecule has 2 aromatic rings. The van der Waals surface area contributed by atoms with Crippen molar-refractivity contribution in [3.05, 3.63) is 60.4 Å². The van der Waals surface area contributed by atoms with Crippen LogP contribution in [-0.4, -0.2) is 40.3 Å². The summed E-state index contributed by atoms with van der Waals surface area (Å²) >= 11 is 0. The van der Waals surface area contributed by atoms with Gasteiger partial charge in [0.2, 0.25) is 0 Å². The van der Waals surface area contributed by atoms with Crippen molar-refractivity contribution in [1.29, 1.82) is 0 Å². The number of benzene rings is 1. The number of amides is 1. The smallest absolute Gasteiger partial charge is 0.257 e. The molecule has 1 aromatic heterocycles. The van der Waals surface area contributed by atoms with Crippen molar-refractivity contribution in [1.82, 2.24) is 14.7 Å². The Morgan fingerprint density at radius 2 is 2.22 bits per heavy atom. The monoisotopic (exact) mass is 311 g/mol. The molecule has 0 N–H and O–H groups in total. The number of carbonyl (C=O) groups excluding carboxylic acids is 1. The molecule has 1 saturated heterocycles. The molecule has 0 radical (unpaired) electrons. The highest BCUT2D eigenvalue weighted by atomic mass is 16.5. The lowest BCUT2D eigenvalue weighted by molar-refractivity contribution is 0.0497. The number of nitrogens with zero attached hydrogens (tertiary/aromatic N) is 3. The van der Waals surface area contributed by atoms with E-state index in [1.54, 1.807) is 6.08 Å². The second-order valence-corrected chi connectivity index (χ2v) is 5.90. The van der Waals surface area contributed by atoms with Gasteiger partial charge in [0.05, 0.1) is 11.8 Å². The van der Waals surface area contributed by atoms with Gasteiger partial charge in [0.25, 0.3) is 5.91 Å². The predicted octanol–water partition coefficient (Wildman–Crippen LogP) is 2.30. The van der Waals surface area contributed by atoms with E-state index in [1.165, 1.54) is 5.56 Å². The summed E-state index contributed by atoms with van der Waals surface area (Å²) < 4.78 is 7.38. The van der Waals surface area contributed by atoms with E-state index >= 15 is 0 Å². The number of hydrogen-bond donors (Lipinski definition) is 0. The van der Waals surface area contributed by atoms with Gasteiger partial charge in [-0.05, 0) is 30.0 Å². The Bertz CT molecular complexity index is 702. The van der Waals surface area contributed by atoms with Gasteiger partial charge in [-0.2, -0.15) is 5.10 Å². The number of likely N-dealkylation sites (tertiary alicyclic amines) is 1. The molecule has 1 amide bonds. The first-order valence-corrected chi connectivity index (χ1v) is 7.77. The molecule has 2 heterocycles. The number of carbonyl (C=O) groups is 1. The average Bonchev–Trinajstić information content (AvgIpc) is 2.93. The summed E-state index contributed by atoms with van der Waals surface area (Å²) in [6.07, 6.45) is 6.56. The van der Waals surface area contributed by atoms with Crippen molar-refractivity contribution >= 4 is 5.91 Å². The fourth-order valence-corrected chi connectivity index (χ4v) is 2.86. The van der Waals surface area contributed by atoms with Crippen LogP contribution < -0.4 is 4.74 Å². The fourth-order valence-electron chi connectivity index (χ4n) is 2.86. The number of para-hydroxylation sites is 1. The van der Waals surface area contributed by atoms with Gasteiger partial charge in [-0.15, -0.1) is 0 Å². The van der Waals surface area contributed by atoms with Crippen molar-refractivity contribution in [2.75, 3.05) is 19.7 Å². The maximum absolute atomic E-state index is 12.6. The molecule has 1 fully saturated rings. The number of rotatable bonds is 6. The Labute approximate surface area is 136 Å². The van der Waals surface area contributed by atoms with Gasteiger partial charge in [-0.1, -0.05) is 24.8 Å². The lowest BCUT2D eigenvalue weighted by Gasteiger charge is -2.39. The highest BCUT2D eigenvalue weighted by Crippen LogP contribution is 2.26. The van der Waals surface area contributed by atoms with Crippen molar-refractivity contribution in [2.24, 2.45) is 13.0 Å². The molecule has 0 saturated carbocycles. The Balaban J connectivity index is 1.59. The number of ether oxygens (including phenoxy) is 1. The topological polar surface area (TPSA) is 47.4 Å². The van der Waals surface area contributed by atoms with Crippen LogP contribution in [0.2, 0.25) is 0 Å². The van der Waals surface area contributed by atoms with Gasteiger partial charge in [-0.25, -0.2) is 0 Å². The van der Waals surface area contributed by atoms with Crippen LogP contribution in [0.25, 0.3) is 0 Å². The second-order valence-electron chi connectivity index (χ2n) is 5.90. The van der Waals surface area contributed by atoms with E-state index in [4.69, 9.17) is 4.74 Å². The maximum Gasteiger partial charge on any atom is 0.257 e. The van der Waals surface area contributed by atoms with E-state index in [0.29, 0.717) is 23.8 Å². The van der Waals surface area contributed by atoms with Gasteiger partial charge in [-0.3, -0.25) is 9.48 Å². The molecule has 1 aromatic carbocycles. The highest BCUT2D eigenvalue weighted by Gasteiger charge is 2.32. The van der Waals surface area contributed by atoms with Crippen molar-refractivity contribution in [2.45, 2.75) is 6.42 Å². The maximum atomic E-state index is 12.6. The summed E-state index contributed by atoms with van der Waals surface area (Å²) in [4.78, 5) is 14.5. The molecule has 0 spiro atoms. The molecule has 0 atom stereocenters. The Hall–Kier alpha value is -2.56. The highest BCUT2D eigenvalue weighted by molar-refractivity contribution is 5.97. The van der Waals surface area contributed by atoms with Crippen molar-refractivity contribution in [3.63, 3.8) is 0 Å². The Kier molecular flexibility index (Phi) is 4.46. The number of aryl methyl sites for hydroxylation is 1. The molecule has 120 valence electrons. The van der Waals surface area contributed by atoms with E-state index in [-0.39, 0.29) is 5.91 Å².